The second-order valence-electron chi connectivity index (χ2n) is 2.04. The number of nitrogens with two attached hydrogens (primary N) is 1. The Morgan fingerprint density at radius 1 is 2.00 bits per heavy atom. The first kappa shape index (κ1) is 7.84. The molecule has 0 saturated carbocycles. The molecule has 1 aliphatic heterocycles. The smallest absolute Gasteiger partial charge is 0.266 e. The summed E-state index contributed by atoms with van der Waals surface area (Å²) >= 11 is 1.53. The number of amides is 1. The fraction of sp³-hybridized carbons (Fsp3) is 0.800. The third-order valence-corrected chi connectivity index (χ3v) is 1.71. The van der Waals surface area contributed by atoms with Crippen molar-refractivity contribution in [1.82, 2.24) is 5.06 Å². The van der Waals surface area contributed by atoms with Gasteiger partial charge in [0, 0.05) is 0 Å². The van der Waals surface area contributed by atoms with Crippen LogP contribution in [0.3, 0.4) is 0 Å². The van der Waals surface area contributed by atoms with E-state index in [1.54, 1.807) is 0 Å². The molecule has 1 amide bonds. The predicted molar refractivity (Wildman–Crippen MR) is 39.2 cm³/mol. The lowest BCUT2D eigenvalue weighted by atomic mass is 10.3. The Morgan fingerprint density at radius 3 is 3.10 bits per heavy atom. The van der Waals surface area contributed by atoms with Crippen molar-refractivity contribution in [3.63, 3.8) is 0 Å². The molecule has 1 aliphatic rings. The van der Waals surface area contributed by atoms with Gasteiger partial charge in [0.1, 0.15) is 6.04 Å². The molecule has 0 spiro atoms. The van der Waals surface area contributed by atoms with E-state index in [-0.39, 0.29) is 5.91 Å². The predicted octanol–water partition coefficient (Wildman–Crippen LogP) is -0.592. The summed E-state index contributed by atoms with van der Waals surface area (Å²) in [6.45, 7) is 0.319. The van der Waals surface area contributed by atoms with Gasteiger partial charge in [-0.1, -0.05) is 0 Å². The summed E-state index contributed by atoms with van der Waals surface area (Å²) in [7, 11) is 0. The maximum Gasteiger partial charge on any atom is 0.266 e. The third kappa shape index (κ3) is 1.42. The molecule has 1 saturated heterocycles. The molecule has 10 heavy (non-hydrogen) atoms. The van der Waals surface area contributed by atoms with Crippen molar-refractivity contribution >= 4 is 17.7 Å². The molecule has 0 aromatic rings. The average molecular weight is 162 g/mol. The zero-order valence-electron chi connectivity index (χ0n) is 5.74. The van der Waals surface area contributed by atoms with E-state index in [1.807, 2.05) is 6.26 Å². The lowest BCUT2D eigenvalue weighted by Crippen LogP contribution is -2.34. The lowest BCUT2D eigenvalue weighted by Gasteiger charge is -2.10. The first-order valence-corrected chi connectivity index (χ1v) is 4.34. The molecule has 0 aliphatic carbocycles. The van der Waals surface area contributed by atoms with Crippen LogP contribution in [0.2, 0.25) is 0 Å². The SMILES string of the molecule is CSCN1OCC(N)C1=O. The number of rotatable bonds is 2. The molecule has 1 unspecified atom stereocenters. The Labute approximate surface area is 63.6 Å². The molecule has 0 radical (unpaired) electrons. The van der Waals surface area contributed by atoms with Gasteiger partial charge in [-0.25, -0.2) is 5.06 Å². The van der Waals surface area contributed by atoms with Crippen LogP contribution in [0.5, 0.6) is 0 Å². The van der Waals surface area contributed by atoms with Gasteiger partial charge in [-0.2, -0.15) is 0 Å². The lowest BCUT2D eigenvalue weighted by molar-refractivity contribution is -0.156. The molecule has 1 atom stereocenters. The first-order chi connectivity index (χ1) is 4.75. The summed E-state index contributed by atoms with van der Waals surface area (Å²) in [6.07, 6.45) is 1.90. The van der Waals surface area contributed by atoms with Crippen LogP contribution in [-0.2, 0) is 9.63 Å². The normalized spacial score (nSPS) is 26.0. The highest BCUT2D eigenvalue weighted by Crippen LogP contribution is 2.08. The van der Waals surface area contributed by atoms with Gasteiger partial charge in [0.05, 0.1) is 12.5 Å². The van der Waals surface area contributed by atoms with Gasteiger partial charge in [-0.3, -0.25) is 9.63 Å². The molecule has 1 fully saturated rings. The standard InChI is InChI=1S/C5H10N2O2S/c1-10-3-7-5(8)4(6)2-9-7/h4H,2-3,6H2,1H3. The summed E-state index contributed by atoms with van der Waals surface area (Å²) in [5.74, 6) is 0.446. The molecular weight excluding hydrogens is 152 g/mol. The van der Waals surface area contributed by atoms with Crippen LogP contribution >= 0.6 is 11.8 Å². The number of carbonyl (C=O) groups excluding carboxylic acids is 1. The fourth-order valence-corrected chi connectivity index (χ4v) is 1.14. The summed E-state index contributed by atoms with van der Waals surface area (Å²) < 4.78 is 0. The maximum atomic E-state index is 11.0. The van der Waals surface area contributed by atoms with E-state index in [9.17, 15) is 4.79 Å². The molecular formula is C5H10N2O2S. The largest absolute Gasteiger partial charge is 0.318 e. The Kier molecular flexibility index (Phi) is 2.53. The van der Waals surface area contributed by atoms with Crippen LogP contribution in [-0.4, -0.2) is 35.8 Å². The van der Waals surface area contributed by atoms with Crippen molar-refractivity contribution < 1.29 is 9.63 Å². The van der Waals surface area contributed by atoms with Gasteiger partial charge in [-0.15, -0.1) is 11.8 Å². The zero-order chi connectivity index (χ0) is 7.56. The first-order valence-electron chi connectivity index (χ1n) is 2.94. The molecule has 1 rings (SSSR count). The monoisotopic (exact) mass is 162 g/mol. The summed E-state index contributed by atoms with van der Waals surface area (Å²) in [4.78, 5) is 15.9. The third-order valence-electron chi connectivity index (χ3n) is 1.22. The second kappa shape index (κ2) is 3.23. The summed E-state index contributed by atoms with van der Waals surface area (Å²) in [5.41, 5.74) is 5.37. The van der Waals surface area contributed by atoms with Gasteiger partial charge < -0.3 is 5.73 Å². The molecule has 5 heteroatoms. The minimum atomic E-state index is -0.452. The highest BCUT2D eigenvalue weighted by Gasteiger charge is 2.29. The molecule has 1 heterocycles. The molecule has 2 N–H and O–H groups in total. The fourth-order valence-electron chi connectivity index (χ4n) is 0.708. The van der Waals surface area contributed by atoms with E-state index < -0.39 is 6.04 Å². The van der Waals surface area contributed by atoms with Crippen LogP contribution < -0.4 is 5.73 Å². The highest BCUT2D eigenvalue weighted by molar-refractivity contribution is 7.98. The second-order valence-corrected chi connectivity index (χ2v) is 2.87. The van der Waals surface area contributed by atoms with Gasteiger partial charge >= 0.3 is 0 Å². The Bertz CT molecular complexity index is 140. The molecule has 58 valence electrons. The van der Waals surface area contributed by atoms with Crippen LogP contribution in [0.15, 0.2) is 0 Å². The summed E-state index contributed by atoms with van der Waals surface area (Å²) in [5, 5.41) is 1.30. The Morgan fingerprint density at radius 2 is 2.70 bits per heavy atom. The number of hydrogen-bond donors (Lipinski definition) is 1. The topological polar surface area (TPSA) is 55.6 Å². The van der Waals surface area contributed by atoms with Crippen molar-refractivity contribution in [3.8, 4) is 0 Å². The van der Waals surface area contributed by atoms with E-state index >= 15 is 0 Å². The number of hydroxylamine groups is 2. The minimum Gasteiger partial charge on any atom is -0.318 e. The van der Waals surface area contributed by atoms with E-state index in [0.29, 0.717) is 12.5 Å². The van der Waals surface area contributed by atoms with E-state index in [2.05, 4.69) is 0 Å². The molecule has 0 aromatic carbocycles. The van der Waals surface area contributed by atoms with Crippen LogP contribution in [0.4, 0.5) is 0 Å². The number of thioether (sulfide) groups is 1. The quantitative estimate of drug-likeness (QED) is 0.589. The maximum absolute atomic E-state index is 11.0. The van der Waals surface area contributed by atoms with Gasteiger partial charge in [0.2, 0.25) is 0 Å². The Hall–Kier alpha value is -0.260. The Balaban J connectivity index is 2.41. The van der Waals surface area contributed by atoms with Gasteiger partial charge in [0.15, 0.2) is 0 Å². The van der Waals surface area contributed by atoms with Gasteiger partial charge in [0.25, 0.3) is 5.91 Å². The van der Waals surface area contributed by atoms with Crippen LogP contribution in [0, 0.1) is 0 Å². The molecule has 0 bridgehead atoms. The number of carbonyl (C=O) groups is 1. The van der Waals surface area contributed by atoms with Crippen molar-refractivity contribution in [3.05, 3.63) is 0 Å². The number of hydrogen-bond acceptors (Lipinski definition) is 4. The van der Waals surface area contributed by atoms with Crippen molar-refractivity contribution in [1.29, 1.82) is 0 Å². The highest BCUT2D eigenvalue weighted by atomic mass is 32.2. The van der Waals surface area contributed by atoms with E-state index in [4.69, 9.17) is 10.6 Å². The van der Waals surface area contributed by atoms with Gasteiger partial charge in [-0.05, 0) is 6.26 Å². The van der Waals surface area contributed by atoms with Crippen LogP contribution in [0.25, 0.3) is 0 Å². The minimum absolute atomic E-state index is 0.116. The van der Waals surface area contributed by atoms with Crippen molar-refractivity contribution in [2.24, 2.45) is 5.73 Å². The molecule has 0 aromatic heterocycles. The number of nitrogens with zero attached hydrogens (tertiary/aromatic N) is 1. The van der Waals surface area contributed by atoms with Crippen molar-refractivity contribution in [2.75, 3.05) is 18.7 Å². The molecule has 4 nitrogen and oxygen atoms in total. The van der Waals surface area contributed by atoms with Crippen molar-refractivity contribution in [2.45, 2.75) is 6.04 Å². The van der Waals surface area contributed by atoms with E-state index in [1.165, 1.54) is 16.8 Å². The van der Waals surface area contributed by atoms with Crippen LogP contribution in [0.1, 0.15) is 0 Å². The zero-order valence-corrected chi connectivity index (χ0v) is 6.56. The van der Waals surface area contributed by atoms with E-state index in [0.717, 1.165) is 0 Å². The average Bonchev–Trinajstić information content (AvgIpc) is 2.20. The summed E-state index contributed by atoms with van der Waals surface area (Å²) in [6, 6.07) is -0.452.